The number of amides is 5. The fraction of sp³-hybridized carbons (Fsp3) is 0.560. The van der Waals surface area contributed by atoms with Crippen LogP contribution in [-0.2, 0) is 14.4 Å². The van der Waals surface area contributed by atoms with Gasteiger partial charge in [-0.15, -0.1) is 0 Å². The maximum absolute atomic E-state index is 13.3. The van der Waals surface area contributed by atoms with Crippen molar-refractivity contribution in [1.82, 2.24) is 15.5 Å². The first-order valence-electron chi connectivity index (χ1n) is 12.3. The Morgan fingerprint density at radius 2 is 1.65 bits per heavy atom. The van der Waals surface area contributed by atoms with Gasteiger partial charge in [0.15, 0.2) is 0 Å². The fourth-order valence-corrected chi connectivity index (χ4v) is 5.71. The van der Waals surface area contributed by atoms with Gasteiger partial charge in [0.1, 0.15) is 6.04 Å². The molecule has 2 saturated heterocycles. The highest BCUT2D eigenvalue weighted by atomic mass is 16.2. The molecule has 4 aliphatic rings. The molecule has 2 N–H and O–H groups in total. The summed E-state index contributed by atoms with van der Waals surface area (Å²) in [4.78, 5) is 66.0. The highest BCUT2D eigenvalue weighted by Gasteiger charge is 2.46. The Labute approximate surface area is 198 Å². The minimum atomic E-state index is -0.973. The number of hydrogen-bond donors (Lipinski definition) is 2. The summed E-state index contributed by atoms with van der Waals surface area (Å²) in [6, 6.07) is 4.34. The second-order valence-electron chi connectivity index (χ2n) is 9.75. The Bertz CT molecular complexity index is 1040. The molecule has 9 heteroatoms. The molecular weight excluding hydrogens is 436 g/mol. The number of rotatable bonds is 4. The molecule has 0 spiro atoms. The fourth-order valence-electron chi connectivity index (χ4n) is 5.71. The number of nitrogens with zero attached hydrogens (tertiary/aromatic N) is 2. The Hall–Kier alpha value is -3.23. The van der Waals surface area contributed by atoms with Crippen LogP contribution in [0.15, 0.2) is 18.2 Å². The first-order chi connectivity index (χ1) is 16.4. The number of carbonyl (C=O) groups is 5. The molecule has 1 aliphatic carbocycles. The molecule has 1 saturated carbocycles. The summed E-state index contributed by atoms with van der Waals surface area (Å²) in [7, 11) is 0. The molecule has 9 nitrogen and oxygen atoms in total. The van der Waals surface area contributed by atoms with Crippen LogP contribution in [0.25, 0.3) is 0 Å². The van der Waals surface area contributed by atoms with E-state index in [0.29, 0.717) is 29.9 Å². The van der Waals surface area contributed by atoms with Crippen LogP contribution < -0.4 is 15.5 Å². The molecule has 3 fully saturated rings. The van der Waals surface area contributed by atoms with Gasteiger partial charge in [-0.25, -0.2) is 0 Å². The smallest absolute Gasteiger partial charge is 0.264 e. The zero-order valence-corrected chi connectivity index (χ0v) is 19.2. The summed E-state index contributed by atoms with van der Waals surface area (Å²) in [5, 5.41) is 5.45. The van der Waals surface area contributed by atoms with E-state index in [1.807, 2.05) is 6.07 Å². The summed E-state index contributed by atoms with van der Waals surface area (Å²) in [6.07, 6.45) is 7.17. The molecule has 3 heterocycles. The van der Waals surface area contributed by atoms with Crippen LogP contribution >= 0.6 is 0 Å². The van der Waals surface area contributed by atoms with Crippen molar-refractivity contribution in [1.29, 1.82) is 0 Å². The van der Waals surface area contributed by atoms with Crippen molar-refractivity contribution in [3.05, 3.63) is 29.3 Å². The average Bonchev–Trinajstić information content (AvgIpc) is 3.10. The van der Waals surface area contributed by atoms with E-state index in [1.165, 1.54) is 6.42 Å². The third-order valence-electron chi connectivity index (χ3n) is 7.60. The van der Waals surface area contributed by atoms with Gasteiger partial charge in [0, 0.05) is 31.5 Å². The van der Waals surface area contributed by atoms with Gasteiger partial charge in [-0.3, -0.25) is 34.2 Å². The van der Waals surface area contributed by atoms with Crippen LogP contribution in [0.2, 0.25) is 0 Å². The molecule has 34 heavy (non-hydrogen) atoms. The number of benzene rings is 1. The topological polar surface area (TPSA) is 116 Å². The summed E-state index contributed by atoms with van der Waals surface area (Å²) < 4.78 is 0. The lowest BCUT2D eigenvalue weighted by atomic mass is 9.88. The van der Waals surface area contributed by atoms with E-state index in [1.54, 1.807) is 12.1 Å². The van der Waals surface area contributed by atoms with Gasteiger partial charge in [0.2, 0.25) is 17.7 Å². The Morgan fingerprint density at radius 3 is 2.35 bits per heavy atom. The van der Waals surface area contributed by atoms with E-state index in [-0.39, 0.29) is 30.7 Å². The highest BCUT2D eigenvalue weighted by molar-refractivity contribution is 6.25. The van der Waals surface area contributed by atoms with E-state index >= 15 is 0 Å². The van der Waals surface area contributed by atoms with E-state index in [4.69, 9.17) is 0 Å². The Kier molecular flexibility index (Phi) is 6.10. The van der Waals surface area contributed by atoms with Crippen molar-refractivity contribution in [2.45, 2.75) is 69.9 Å². The molecule has 0 bridgehead atoms. The van der Waals surface area contributed by atoms with Crippen LogP contribution in [0.3, 0.4) is 0 Å². The minimum absolute atomic E-state index is 0.0940. The molecule has 0 radical (unpaired) electrons. The standard InChI is InChI=1S/C25H30N4O5/c30-20-10-9-19(23(32)27-20)29-24(33)17-7-4-8-18(21(17)25(29)34)28-13-11-16(12-14-28)26-22(31)15-5-2-1-3-6-15/h4,7-8,15-16,19H,1-3,5-6,9-14H2,(H,26,31)(H,27,30,32). The number of piperidine rings is 2. The van der Waals surface area contributed by atoms with Gasteiger partial charge in [-0.05, 0) is 44.2 Å². The van der Waals surface area contributed by atoms with Crippen molar-refractivity contribution in [3.8, 4) is 0 Å². The summed E-state index contributed by atoms with van der Waals surface area (Å²) in [5.41, 5.74) is 1.30. The monoisotopic (exact) mass is 466 g/mol. The Morgan fingerprint density at radius 1 is 0.912 bits per heavy atom. The summed E-state index contributed by atoms with van der Waals surface area (Å²) in [6.45, 7) is 1.32. The molecule has 1 aromatic rings. The van der Waals surface area contributed by atoms with Gasteiger partial charge in [-0.1, -0.05) is 25.3 Å². The van der Waals surface area contributed by atoms with Crippen LogP contribution in [0, 0.1) is 5.92 Å². The van der Waals surface area contributed by atoms with Crippen molar-refractivity contribution in [2.24, 2.45) is 5.92 Å². The van der Waals surface area contributed by atoms with Gasteiger partial charge in [-0.2, -0.15) is 0 Å². The van der Waals surface area contributed by atoms with Gasteiger partial charge in [0.25, 0.3) is 11.8 Å². The third-order valence-corrected chi connectivity index (χ3v) is 7.60. The molecule has 3 aliphatic heterocycles. The molecule has 1 aromatic carbocycles. The predicted molar refractivity (Wildman–Crippen MR) is 123 cm³/mol. The van der Waals surface area contributed by atoms with Gasteiger partial charge in [0.05, 0.1) is 16.8 Å². The summed E-state index contributed by atoms with van der Waals surface area (Å²) in [5.74, 6) is -1.69. The largest absolute Gasteiger partial charge is 0.371 e. The molecule has 1 unspecified atom stereocenters. The van der Waals surface area contributed by atoms with E-state index in [2.05, 4.69) is 15.5 Å². The van der Waals surface area contributed by atoms with E-state index in [0.717, 1.165) is 43.4 Å². The molecule has 180 valence electrons. The Balaban J connectivity index is 1.27. The molecule has 5 amide bonds. The van der Waals surface area contributed by atoms with Gasteiger partial charge < -0.3 is 10.2 Å². The van der Waals surface area contributed by atoms with Crippen LogP contribution in [0.5, 0.6) is 0 Å². The van der Waals surface area contributed by atoms with Crippen LogP contribution in [0.1, 0.15) is 78.5 Å². The third kappa shape index (κ3) is 4.08. The predicted octanol–water partition coefficient (Wildman–Crippen LogP) is 1.75. The first-order valence-corrected chi connectivity index (χ1v) is 12.3. The first kappa shape index (κ1) is 22.6. The normalized spacial score (nSPS) is 24.3. The van der Waals surface area contributed by atoms with Crippen molar-refractivity contribution < 1.29 is 24.0 Å². The summed E-state index contributed by atoms with van der Waals surface area (Å²) >= 11 is 0. The minimum Gasteiger partial charge on any atom is -0.371 e. The number of anilines is 1. The van der Waals surface area contributed by atoms with Crippen molar-refractivity contribution >= 4 is 35.2 Å². The quantitative estimate of drug-likeness (QED) is 0.654. The number of imide groups is 2. The maximum Gasteiger partial charge on any atom is 0.264 e. The number of nitrogens with one attached hydrogen (secondary N) is 2. The number of fused-ring (bicyclic) bond motifs is 1. The molecule has 5 rings (SSSR count). The lowest BCUT2D eigenvalue weighted by Gasteiger charge is -2.35. The molecular formula is C25H30N4O5. The lowest BCUT2D eigenvalue weighted by molar-refractivity contribution is -0.136. The van der Waals surface area contributed by atoms with Crippen LogP contribution in [-0.4, -0.2) is 59.6 Å². The average molecular weight is 467 g/mol. The van der Waals surface area contributed by atoms with Crippen molar-refractivity contribution in [2.75, 3.05) is 18.0 Å². The number of hydrogen-bond acceptors (Lipinski definition) is 6. The molecule has 1 atom stereocenters. The number of carbonyl (C=O) groups excluding carboxylic acids is 5. The second kappa shape index (κ2) is 9.19. The highest BCUT2D eigenvalue weighted by Crippen LogP contribution is 2.35. The lowest BCUT2D eigenvalue weighted by Crippen LogP contribution is -2.54. The van der Waals surface area contributed by atoms with Crippen LogP contribution in [0.4, 0.5) is 5.69 Å². The van der Waals surface area contributed by atoms with Gasteiger partial charge >= 0.3 is 0 Å². The SMILES string of the molecule is O=C1CCC(N2C(=O)c3cccc(N4CCC(NC(=O)C5CCCCC5)CC4)c3C2=O)C(=O)N1. The second-order valence-corrected chi connectivity index (χ2v) is 9.75. The maximum atomic E-state index is 13.3. The molecule has 0 aromatic heterocycles. The zero-order valence-electron chi connectivity index (χ0n) is 19.2. The van der Waals surface area contributed by atoms with E-state index in [9.17, 15) is 24.0 Å². The van der Waals surface area contributed by atoms with E-state index < -0.39 is 29.7 Å². The zero-order chi connectivity index (χ0) is 23.8. The van der Waals surface area contributed by atoms with Crippen molar-refractivity contribution in [3.63, 3.8) is 0 Å².